The number of nitrogens with zero attached hydrogens (tertiary/aromatic N) is 1. The van der Waals surface area contributed by atoms with E-state index in [-0.39, 0.29) is 0 Å². The molecule has 2 unspecified atom stereocenters. The summed E-state index contributed by atoms with van der Waals surface area (Å²) in [5.74, 6) is 0.787. The Morgan fingerprint density at radius 1 is 1.20 bits per heavy atom. The van der Waals surface area contributed by atoms with Crippen LogP contribution in [0.2, 0.25) is 0 Å². The van der Waals surface area contributed by atoms with Crippen molar-refractivity contribution in [1.82, 2.24) is 10.2 Å². The highest BCUT2D eigenvalue weighted by Crippen LogP contribution is 2.11. The van der Waals surface area contributed by atoms with Crippen LogP contribution in [0.1, 0.15) is 46.5 Å². The molecule has 2 atom stereocenters. The first-order valence-corrected chi connectivity index (χ1v) is 6.51. The molecule has 0 heterocycles. The molecule has 15 heavy (non-hydrogen) atoms. The second-order valence-corrected chi connectivity index (χ2v) is 4.73. The van der Waals surface area contributed by atoms with E-state index in [0.29, 0.717) is 6.04 Å². The molecule has 0 aliphatic heterocycles. The van der Waals surface area contributed by atoms with Crippen LogP contribution in [0.4, 0.5) is 0 Å². The molecule has 0 bridgehead atoms. The van der Waals surface area contributed by atoms with Gasteiger partial charge in [0.1, 0.15) is 0 Å². The fourth-order valence-corrected chi connectivity index (χ4v) is 1.90. The summed E-state index contributed by atoms with van der Waals surface area (Å²) in [4.78, 5) is 2.45. The van der Waals surface area contributed by atoms with E-state index in [2.05, 4.69) is 45.1 Å². The topological polar surface area (TPSA) is 15.3 Å². The first kappa shape index (κ1) is 14.9. The standard InChI is InChI=1S/C13H30N2/c1-6-8-10-15(5)11-9-13(14-4)12(3)7-2/h12-14H,6-11H2,1-5H3. The highest BCUT2D eigenvalue weighted by molar-refractivity contribution is 4.72. The van der Waals surface area contributed by atoms with E-state index in [1.165, 1.54) is 38.8 Å². The number of rotatable bonds is 9. The second-order valence-electron chi connectivity index (χ2n) is 4.73. The summed E-state index contributed by atoms with van der Waals surface area (Å²) in [6.45, 7) is 9.33. The fraction of sp³-hybridized carbons (Fsp3) is 1.00. The molecule has 0 saturated heterocycles. The van der Waals surface area contributed by atoms with Gasteiger partial charge in [0.05, 0.1) is 0 Å². The molecule has 1 N–H and O–H groups in total. The SMILES string of the molecule is CCCCN(C)CCC(NC)C(C)CC. The Bertz CT molecular complexity index is 136. The number of nitrogens with one attached hydrogen (secondary N) is 1. The predicted octanol–water partition coefficient (Wildman–Crippen LogP) is 2.74. The van der Waals surface area contributed by atoms with Gasteiger partial charge in [-0.05, 0) is 45.9 Å². The average molecular weight is 214 g/mol. The molecule has 0 fully saturated rings. The van der Waals surface area contributed by atoms with Gasteiger partial charge in [0.25, 0.3) is 0 Å². The Morgan fingerprint density at radius 2 is 1.87 bits per heavy atom. The van der Waals surface area contributed by atoms with Gasteiger partial charge >= 0.3 is 0 Å². The molecular formula is C13H30N2. The van der Waals surface area contributed by atoms with E-state index in [1.54, 1.807) is 0 Å². The third kappa shape index (κ3) is 6.91. The van der Waals surface area contributed by atoms with E-state index in [0.717, 1.165) is 5.92 Å². The molecule has 0 saturated carbocycles. The van der Waals surface area contributed by atoms with E-state index in [9.17, 15) is 0 Å². The third-order valence-corrected chi connectivity index (χ3v) is 3.42. The molecule has 0 aromatic rings. The Balaban J connectivity index is 3.69. The highest BCUT2D eigenvalue weighted by atomic mass is 15.1. The molecule has 0 aromatic heterocycles. The van der Waals surface area contributed by atoms with Crippen molar-refractivity contribution in [3.05, 3.63) is 0 Å². The second kappa shape index (κ2) is 9.17. The van der Waals surface area contributed by atoms with Crippen molar-refractivity contribution in [3.8, 4) is 0 Å². The summed E-state index contributed by atoms with van der Waals surface area (Å²) in [5.41, 5.74) is 0. The van der Waals surface area contributed by atoms with Gasteiger partial charge in [0, 0.05) is 6.04 Å². The zero-order valence-corrected chi connectivity index (χ0v) is 11.3. The lowest BCUT2D eigenvalue weighted by atomic mass is 9.96. The summed E-state index contributed by atoms with van der Waals surface area (Å²) in [6.07, 6.45) is 5.16. The van der Waals surface area contributed by atoms with E-state index >= 15 is 0 Å². The van der Waals surface area contributed by atoms with Crippen LogP contribution in [-0.2, 0) is 0 Å². The molecule has 2 heteroatoms. The minimum absolute atomic E-state index is 0.680. The lowest BCUT2D eigenvalue weighted by molar-refractivity contribution is 0.277. The maximum absolute atomic E-state index is 3.44. The summed E-state index contributed by atoms with van der Waals surface area (Å²) in [7, 11) is 4.32. The molecular weight excluding hydrogens is 184 g/mol. The molecule has 0 radical (unpaired) electrons. The Morgan fingerprint density at radius 3 is 2.33 bits per heavy atom. The monoisotopic (exact) mass is 214 g/mol. The van der Waals surface area contributed by atoms with Crippen LogP contribution in [-0.4, -0.2) is 38.1 Å². The lowest BCUT2D eigenvalue weighted by Crippen LogP contribution is -2.35. The fourth-order valence-electron chi connectivity index (χ4n) is 1.90. The molecule has 2 nitrogen and oxygen atoms in total. The zero-order valence-electron chi connectivity index (χ0n) is 11.3. The van der Waals surface area contributed by atoms with Crippen molar-refractivity contribution in [2.24, 2.45) is 5.92 Å². The van der Waals surface area contributed by atoms with Crippen molar-refractivity contribution < 1.29 is 0 Å². The van der Waals surface area contributed by atoms with Gasteiger partial charge in [-0.2, -0.15) is 0 Å². The van der Waals surface area contributed by atoms with Crippen LogP contribution >= 0.6 is 0 Å². The van der Waals surface area contributed by atoms with Gasteiger partial charge in [-0.1, -0.05) is 33.6 Å². The van der Waals surface area contributed by atoms with Gasteiger partial charge in [0.2, 0.25) is 0 Å². The quantitative estimate of drug-likeness (QED) is 0.635. The molecule has 0 amide bonds. The van der Waals surface area contributed by atoms with Crippen LogP contribution in [0.15, 0.2) is 0 Å². The van der Waals surface area contributed by atoms with Crippen LogP contribution in [0.3, 0.4) is 0 Å². The molecule has 0 aromatic carbocycles. The van der Waals surface area contributed by atoms with Crippen molar-refractivity contribution >= 4 is 0 Å². The number of hydrogen-bond donors (Lipinski definition) is 1. The van der Waals surface area contributed by atoms with E-state index in [1.807, 2.05) is 0 Å². The first-order chi connectivity index (χ1) is 7.15. The minimum Gasteiger partial charge on any atom is -0.317 e. The third-order valence-electron chi connectivity index (χ3n) is 3.42. The summed E-state index contributed by atoms with van der Waals surface area (Å²) in [5, 5.41) is 3.44. The molecule has 0 rings (SSSR count). The maximum Gasteiger partial charge on any atom is 0.0102 e. The number of unbranched alkanes of at least 4 members (excludes halogenated alkanes) is 1. The van der Waals surface area contributed by atoms with Gasteiger partial charge in [-0.15, -0.1) is 0 Å². The van der Waals surface area contributed by atoms with Gasteiger partial charge in [0.15, 0.2) is 0 Å². The average Bonchev–Trinajstić information content (AvgIpc) is 2.26. The van der Waals surface area contributed by atoms with Crippen molar-refractivity contribution in [2.45, 2.75) is 52.5 Å². The summed E-state index contributed by atoms with van der Waals surface area (Å²) >= 11 is 0. The van der Waals surface area contributed by atoms with E-state index < -0.39 is 0 Å². The van der Waals surface area contributed by atoms with Crippen molar-refractivity contribution in [2.75, 3.05) is 27.2 Å². The normalized spacial score (nSPS) is 15.6. The Kier molecular flexibility index (Phi) is 9.12. The van der Waals surface area contributed by atoms with E-state index in [4.69, 9.17) is 0 Å². The number of hydrogen-bond acceptors (Lipinski definition) is 2. The van der Waals surface area contributed by atoms with Gasteiger partial charge < -0.3 is 10.2 Å². The van der Waals surface area contributed by atoms with Crippen molar-refractivity contribution in [1.29, 1.82) is 0 Å². The van der Waals surface area contributed by atoms with Crippen LogP contribution in [0, 0.1) is 5.92 Å². The summed E-state index contributed by atoms with van der Waals surface area (Å²) < 4.78 is 0. The van der Waals surface area contributed by atoms with Gasteiger partial charge in [-0.25, -0.2) is 0 Å². The lowest BCUT2D eigenvalue weighted by Gasteiger charge is -2.25. The first-order valence-electron chi connectivity index (χ1n) is 6.51. The molecule has 92 valence electrons. The predicted molar refractivity (Wildman–Crippen MR) is 69.3 cm³/mol. The largest absolute Gasteiger partial charge is 0.317 e. The molecule has 0 spiro atoms. The van der Waals surface area contributed by atoms with Gasteiger partial charge in [-0.3, -0.25) is 0 Å². The summed E-state index contributed by atoms with van der Waals surface area (Å²) in [6, 6.07) is 0.680. The van der Waals surface area contributed by atoms with Crippen LogP contribution in [0.25, 0.3) is 0 Å². The smallest absolute Gasteiger partial charge is 0.0102 e. The maximum atomic E-state index is 3.44. The van der Waals surface area contributed by atoms with Crippen molar-refractivity contribution in [3.63, 3.8) is 0 Å². The molecule has 0 aliphatic carbocycles. The highest BCUT2D eigenvalue weighted by Gasteiger charge is 2.13. The van der Waals surface area contributed by atoms with Crippen LogP contribution in [0.5, 0.6) is 0 Å². The van der Waals surface area contributed by atoms with Crippen LogP contribution < -0.4 is 5.32 Å². The zero-order chi connectivity index (χ0) is 11.7. The molecule has 0 aliphatic rings. The minimum atomic E-state index is 0.680. The Labute approximate surface area is 96.4 Å². The Hall–Kier alpha value is -0.0800.